The summed E-state index contributed by atoms with van der Waals surface area (Å²) < 4.78 is 0. The highest BCUT2D eigenvalue weighted by Crippen LogP contribution is 2.35. The van der Waals surface area contributed by atoms with Crippen molar-refractivity contribution in [2.75, 3.05) is 13.1 Å². The number of hydrogen-bond acceptors (Lipinski definition) is 4. The van der Waals surface area contributed by atoms with Crippen molar-refractivity contribution >= 4 is 11.3 Å². The maximum absolute atomic E-state index is 6.16. The average Bonchev–Trinajstić information content (AvgIpc) is 2.83. The molecule has 0 amide bonds. The van der Waals surface area contributed by atoms with Crippen LogP contribution in [0, 0.1) is 12.3 Å². The first-order valence-electron chi connectivity index (χ1n) is 6.47. The Morgan fingerprint density at radius 2 is 2.47 bits per heavy atom. The standard InChI is InChI=1S/C13H23N3S/c1-10-8-17-12(16-10)5-7-15-9-13(2)6-3-4-11(13)14/h8,11,15H,3-7,9,14H2,1-2H3. The second-order valence-corrected chi connectivity index (χ2v) is 6.40. The van der Waals surface area contributed by atoms with Gasteiger partial charge in [-0.3, -0.25) is 0 Å². The summed E-state index contributed by atoms with van der Waals surface area (Å²) >= 11 is 1.76. The lowest BCUT2D eigenvalue weighted by Gasteiger charge is -2.29. The maximum atomic E-state index is 6.16. The topological polar surface area (TPSA) is 50.9 Å². The molecule has 0 aromatic carbocycles. The monoisotopic (exact) mass is 253 g/mol. The Hall–Kier alpha value is -0.450. The van der Waals surface area contributed by atoms with Crippen LogP contribution in [0.1, 0.15) is 36.9 Å². The molecule has 0 saturated heterocycles. The van der Waals surface area contributed by atoms with Crippen molar-refractivity contribution in [1.29, 1.82) is 0 Å². The molecule has 1 heterocycles. The zero-order valence-electron chi connectivity index (χ0n) is 10.8. The van der Waals surface area contributed by atoms with Crippen molar-refractivity contribution in [2.24, 2.45) is 11.1 Å². The number of nitrogens with two attached hydrogens (primary N) is 1. The molecule has 1 aliphatic carbocycles. The molecule has 1 saturated carbocycles. The van der Waals surface area contributed by atoms with E-state index in [4.69, 9.17) is 5.73 Å². The van der Waals surface area contributed by atoms with Crippen LogP contribution < -0.4 is 11.1 Å². The van der Waals surface area contributed by atoms with E-state index in [1.807, 2.05) is 6.92 Å². The lowest BCUT2D eigenvalue weighted by Crippen LogP contribution is -2.42. The van der Waals surface area contributed by atoms with Gasteiger partial charge in [0.05, 0.1) is 5.01 Å². The van der Waals surface area contributed by atoms with Gasteiger partial charge in [0.1, 0.15) is 0 Å². The zero-order chi connectivity index (χ0) is 12.3. The van der Waals surface area contributed by atoms with Crippen molar-refractivity contribution in [3.8, 4) is 0 Å². The second kappa shape index (κ2) is 5.46. The summed E-state index contributed by atoms with van der Waals surface area (Å²) in [6.07, 6.45) is 4.76. The third-order valence-electron chi connectivity index (χ3n) is 3.87. The van der Waals surface area contributed by atoms with E-state index in [9.17, 15) is 0 Å². The van der Waals surface area contributed by atoms with Crippen LogP contribution in [0.5, 0.6) is 0 Å². The Bertz CT molecular complexity index is 363. The van der Waals surface area contributed by atoms with Crippen LogP contribution in [0.15, 0.2) is 5.38 Å². The number of aryl methyl sites for hydroxylation is 1. The van der Waals surface area contributed by atoms with Gasteiger partial charge in [-0.25, -0.2) is 4.98 Å². The highest BCUT2D eigenvalue weighted by molar-refractivity contribution is 7.09. The van der Waals surface area contributed by atoms with Gasteiger partial charge in [-0.15, -0.1) is 11.3 Å². The molecule has 2 rings (SSSR count). The summed E-state index contributed by atoms with van der Waals surface area (Å²) in [5.74, 6) is 0. The molecule has 1 fully saturated rings. The van der Waals surface area contributed by atoms with E-state index >= 15 is 0 Å². The first kappa shape index (κ1) is 13.0. The van der Waals surface area contributed by atoms with Crippen LogP contribution >= 0.6 is 11.3 Å². The van der Waals surface area contributed by atoms with Crippen LogP contribution in [0.4, 0.5) is 0 Å². The van der Waals surface area contributed by atoms with E-state index in [0.717, 1.165) is 25.2 Å². The number of aromatic nitrogens is 1. The third-order valence-corrected chi connectivity index (χ3v) is 4.90. The summed E-state index contributed by atoms with van der Waals surface area (Å²) in [6.45, 7) is 6.41. The predicted molar refractivity (Wildman–Crippen MR) is 73.4 cm³/mol. The molecule has 3 nitrogen and oxygen atoms in total. The normalized spacial score (nSPS) is 28.8. The molecule has 1 aromatic rings. The first-order chi connectivity index (χ1) is 8.10. The van der Waals surface area contributed by atoms with Crippen LogP contribution in [-0.2, 0) is 6.42 Å². The average molecular weight is 253 g/mol. The van der Waals surface area contributed by atoms with E-state index in [1.54, 1.807) is 11.3 Å². The molecular weight excluding hydrogens is 230 g/mol. The van der Waals surface area contributed by atoms with E-state index in [1.165, 1.54) is 24.3 Å². The number of rotatable bonds is 5. The zero-order valence-corrected chi connectivity index (χ0v) is 11.6. The first-order valence-corrected chi connectivity index (χ1v) is 7.35. The predicted octanol–water partition coefficient (Wildman–Crippen LogP) is 2.10. The molecule has 17 heavy (non-hydrogen) atoms. The molecule has 4 heteroatoms. The summed E-state index contributed by atoms with van der Waals surface area (Å²) in [4.78, 5) is 4.47. The van der Waals surface area contributed by atoms with Gasteiger partial charge in [0, 0.05) is 36.6 Å². The van der Waals surface area contributed by atoms with Gasteiger partial charge in [-0.2, -0.15) is 0 Å². The highest BCUT2D eigenvalue weighted by Gasteiger charge is 2.35. The van der Waals surface area contributed by atoms with Gasteiger partial charge in [-0.1, -0.05) is 13.3 Å². The van der Waals surface area contributed by atoms with Crippen LogP contribution in [0.3, 0.4) is 0 Å². The molecule has 3 N–H and O–H groups in total. The lowest BCUT2D eigenvalue weighted by molar-refractivity contribution is 0.279. The minimum absolute atomic E-state index is 0.304. The van der Waals surface area contributed by atoms with E-state index < -0.39 is 0 Å². The molecule has 2 unspecified atom stereocenters. The summed E-state index contributed by atoms with van der Waals surface area (Å²) in [5.41, 5.74) is 7.60. The van der Waals surface area contributed by atoms with Crippen molar-refractivity contribution in [3.05, 3.63) is 16.1 Å². The van der Waals surface area contributed by atoms with Gasteiger partial charge >= 0.3 is 0 Å². The second-order valence-electron chi connectivity index (χ2n) is 5.46. The van der Waals surface area contributed by atoms with Crippen molar-refractivity contribution in [1.82, 2.24) is 10.3 Å². The molecule has 0 bridgehead atoms. The largest absolute Gasteiger partial charge is 0.327 e. The van der Waals surface area contributed by atoms with Gasteiger partial charge in [0.15, 0.2) is 0 Å². The fourth-order valence-electron chi connectivity index (χ4n) is 2.57. The van der Waals surface area contributed by atoms with Gasteiger partial charge < -0.3 is 11.1 Å². The van der Waals surface area contributed by atoms with E-state index in [-0.39, 0.29) is 0 Å². The summed E-state index contributed by atoms with van der Waals surface area (Å²) in [6, 6.07) is 0.372. The molecule has 96 valence electrons. The summed E-state index contributed by atoms with van der Waals surface area (Å²) in [5, 5.41) is 6.89. The molecule has 0 aliphatic heterocycles. The van der Waals surface area contributed by atoms with Gasteiger partial charge in [-0.05, 0) is 25.2 Å². The molecular formula is C13H23N3S. The maximum Gasteiger partial charge on any atom is 0.0940 e. The van der Waals surface area contributed by atoms with E-state index in [2.05, 4.69) is 22.6 Å². The Morgan fingerprint density at radius 1 is 1.65 bits per heavy atom. The SMILES string of the molecule is Cc1csc(CCNCC2(C)CCCC2N)n1. The Balaban J connectivity index is 1.69. The van der Waals surface area contributed by atoms with Crippen LogP contribution in [0.2, 0.25) is 0 Å². The molecule has 0 radical (unpaired) electrons. The number of nitrogens with zero attached hydrogens (tertiary/aromatic N) is 1. The van der Waals surface area contributed by atoms with Crippen molar-refractivity contribution in [2.45, 2.75) is 45.6 Å². The quantitative estimate of drug-likeness (QED) is 0.790. The molecule has 1 aliphatic rings. The van der Waals surface area contributed by atoms with Gasteiger partial charge in [0.2, 0.25) is 0 Å². The lowest BCUT2D eigenvalue weighted by atomic mass is 9.85. The van der Waals surface area contributed by atoms with Gasteiger partial charge in [0.25, 0.3) is 0 Å². The fraction of sp³-hybridized carbons (Fsp3) is 0.769. The van der Waals surface area contributed by atoms with E-state index in [0.29, 0.717) is 11.5 Å². The molecule has 0 spiro atoms. The Kier molecular flexibility index (Phi) is 4.17. The fourth-order valence-corrected chi connectivity index (χ4v) is 3.34. The van der Waals surface area contributed by atoms with Crippen LogP contribution in [-0.4, -0.2) is 24.1 Å². The van der Waals surface area contributed by atoms with Crippen molar-refractivity contribution < 1.29 is 0 Å². The van der Waals surface area contributed by atoms with Crippen LogP contribution in [0.25, 0.3) is 0 Å². The highest BCUT2D eigenvalue weighted by atomic mass is 32.1. The number of thiazole rings is 1. The smallest absolute Gasteiger partial charge is 0.0940 e. The third kappa shape index (κ3) is 3.27. The molecule has 2 atom stereocenters. The minimum Gasteiger partial charge on any atom is -0.327 e. The number of hydrogen-bond donors (Lipinski definition) is 2. The van der Waals surface area contributed by atoms with Crippen molar-refractivity contribution in [3.63, 3.8) is 0 Å². The minimum atomic E-state index is 0.304. The number of nitrogens with one attached hydrogen (secondary N) is 1. The summed E-state index contributed by atoms with van der Waals surface area (Å²) in [7, 11) is 0. The molecule has 1 aromatic heterocycles. The Morgan fingerprint density at radius 3 is 3.06 bits per heavy atom. The Labute approximate surface area is 108 Å².